The van der Waals surface area contributed by atoms with Crippen LogP contribution in [-0.4, -0.2) is 46.6 Å². The number of amides is 2. The number of nitrogens with one attached hydrogen (secondary N) is 1. The molecular weight excluding hydrogens is 476 g/mol. The van der Waals surface area contributed by atoms with E-state index in [-0.39, 0.29) is 30.0 Å². The van der Waals surface area contributed by atoms with Gasteiger partial charge in [0.1, 0.15) is 11.4 Å². The predicted molar refractivity (Wildman–Crippen MR) is 151 cm³/mol. The van der Waals surface area contributed by atoms with Crippen LogP contribution in [0.25, 0.3) is 5.57 Å². The summed E-state index contributed by atoms with van der Waals surface area (Å²) >= 11 is 0. The Morgan fingerprint density at radius 2 is 1.89 bits per heavy atom. The van der Waals surface area contributed by atoms with Crippen molar-refractivity contribution in [3.05, 3.63) is 59.3 Å². The standard InChI is InChI=1S/C31H40N4O3/c1-19-8-7-9-27(32-19)33-28-20(2)29(23-10-11-23)35(21(3)36)26-13-12-24(18-25(26)28)22-14-16-34(17-15-22)30(37)38-31(4,5)6/h7-9,12-14,18,20,23,28-29H,10-11,15-17H2,1-6H3,(H,32,33)/t20-,28?,29-/m1/s1. The summed E-state index contributed by atoms with van der Waals surface area (Å²) in [6.45, 7) is 12.8. The van der Waals surface area contributed by atoms with Crippen molar-refractivity contribution >= 4 is 29.1 Å². The monoisotopic (exact) mass is 516 g/mol. The summed E-state index contributed by atoms with van der Waals surface area (Å²) < 4.78 is 5.56. The van der Waals surface area contributed by atoms with Gasteiger partial charge in [-0.1, -0.05) is 25.1 Å². The zero-order chi connectivity index (χ0) is 27.2. The number of benzene rings is 1. The first kappa shape index (κ1) is 26.3. The number of hydrogen-bond acceptors (Lipinski definition) is 5. The van der Waals surface area contributed by atoms with Gasteiger partial charge in [-0.15, -0.1) is 0 Å². The molecule has 3 heterocycles. The quantitative estimate of drug-likeness (QED) is 0.513. The van der Waals surface area contributed by atoms with Crippen LogP contribution >= 0.6 is 0 Å². The molecule has 3 aliphatic rings. The number of carbonyl (C=O) groups excluding carboxylic acids is 2. The molecule has 7 heteroatoms. The van der Waals surface area contributed by atoms with E-state index >= 15 is 0 Å². The van der Waals surface area contributed by atoms with E-state index in [1.807, 2.05) is 50.8 Å². The maximum atomic E-state index is 13.0. The summed E-state index contributed by atoms with van der Waals surface area (Å²) in [7, 11) is 0. The minimum absolute atomic E-state index is 0.0305. The number of rotatable bonds is 4. The number of pyridine rings is 1. The number of carbonyl (C=O) groups is 2. The van der Waals surface area contributed by atoms with Gasteiger partial charge in [0.25, 0.3) is 0 Å². The van der Waals surface area contributed by atoms with Crippen molar-refractivity contribution in [2.75, 3.05) is 23.3 Å². The third-order valence-corrected chi connectivity index (χ3v) is 7.85. The molecule has 2 aromatic rings. The molecule has 38 heavy (non-hydrogen) atoms. The molecule has 1 N–H and O–H groups in total. The molecule has 202 valence electrons. The van der Waals surface area contributed by atoms with Gasteiger partial charge in [-0.3, -0.25) is 4.79 Å². The first-order valence-electron chi connectivity index (χ1n) is 13.8. The molecule has 3 atom stereocenters. The third-order valence-electron chi connectivity index (χ3n) is 7.85. The van der Waals surface area contributed by atoms with Crippen LogP contribution in [-0.2, 0) is 9.53 Å². The molecule has 1 fully saturated rings. The second-order valence-corrected chi connectivity index (χ2v) is 12.0. The zero-order valence-corrected chi connectivity index (χ0v) is 23.5. The van der Waals surface area contributed by atoms with Gasteiger partial charge in [0.05, 0.1) is 6.04 Å². The van der Waals surface area contributed by atoms with Crippen molar-refractivity contribution in [3.63, 3.8) is 0 Å². The summed E-state index contributed by atoms with van der Waals surface area (Å²) in [5.74, 6) is 1.71. The van der Waals surface area contributed by atoms with Gasteiger partial charge < -0.3 is 19.9 Å². The average Bonchev–Trinajstić information content (AvgIpc) is 3.69. The Hall–Kier alpha value is -3.35. The Kier molecular flexibility index (Phi) is 6.97. The minimum atomic E-state index is -0.509. The maximum Gasteiger partial charge on any atom is 0.410 e. The van der Waals surface area contributed by atoms with Crippen LogP contribution in [0.2, 0.25) is 0 Å². The second kappa shape index (κ2) is 10.1. The lowest BCUT2D eigenvalue weighted by Crippen LogP contribution is -2.51. The summed E-state index contributed by atoms with van der Waals surface area (Å²) in [6.07, 6.45) is 4.95. The highest BCUT2D eigenvalue weighted by Crippen LogP contribution is 2.50. The molecule has 2 aliphatic heterocycles. The van der Waals surface area contributed by atoms with Gasteiger partial charge in [-0.05, 0) is 93.8 Å². The number of aromatic nitrogens is 1. The fourth-order valence-electron chi connectivity index (χ4n) is 5.97. The number of ether oxygens (including phenoxy) is 1. The van der Waals surface area contributed by atoms with E-state index in [0.29, 0.717) is 19.0 Å². The third kappa shape index (κ3) is 5.42. The number of fused-ring (bicyclic) bond motifs is 1. The molecule has 1 aliphatic carbocycles. The SMILES string of the molecule is CC(=O)N1c2ccc(C3=CCN(C(=O)OC(C)(C)C)CC3)cc2C(Nc2cccc(C)n2)[C@@H](C)[C@@H]1C1CC1. The Labute approximate surface area is 226 Å². The highest BCUT2D eigenvalue weighted by molar-refractivity contribution is 5.94. The lowest BCUT2D eigenvalue weighted by molar-refractivity contribution is -0.117. The van der Waals surface area contributed by atoms with E-state index in [1.165, 1.54) is 18.4 Å². The van der Waals surface area contributed by atoms with Crippen LogP contribution in [0.3, 0.4) is 0 Å². The van der Waals surface area contributed by atoms with Crippen LogP contribution < -0.4 is 10.2 Å². The maximum absolute atomic E-state index is 13.0. The van der Waals surface area contributed by atoms with E-state index in [0.717, 1.165) is 34.7 Å². The Balaban J connectivity index is 1.48. The van der Waals surface area contributed by atoms with Crippen molar-refractivity contribution in [1.29, 1.82) is 0 Å². The van der Waals surface area contributed by atoms with Gasteiger partial charge in [0.2, 0.25) is 5.91 Å². The molecule has 1 saturated carbocycles. The zero-order valence-electron chi connectivity index (χ0n) is 23.5. The lowest BCUT2D eigenvalue weighted by atomic mass is 9.79. The Morgan fingerprint density at radius 3 is 2.50 bits per heavy atom. The first-order valence-corrected chi connectivity index (χ1v) is 13.8. The number of nitrogens with zero attached hydrogens (tertiary/aromatic N) is 3. The predicted octanol–water partition coefficient (Wildman–Crippen LogP) is 6.35. The number of hydrogen-bond donors (Lipinski definition) is 1. The Morgan fingerprint density at radius 1 is 1.13 bits per heavy atom. The van der Waals surface area contributed by atoms with Gasteiger partial charge >= 0.3 is 6.09 Å². The fourth-order valence-corrected chi connectivity index (χ4v) is 5.97. The Bertz CT molecular complexity index is 1260. The normalized spacial score (nSPS) is 23.4. The van der Waals surface area contributed by atoms with Crippen molar-refractivity contribution in [1.82, 2.24) is 9.88 Å². The summed E-state index contributed by atoms with van der Waals surface area (Å²) in [6, 6.07) is 12.7. The first-order chi connectivity index (χ1) is 18.0. The minimum Gasteiger partial charge on any atom is -0.444 e. The van der Waals surface area contributed by atoms with E-state index in [4.69, 9.17) is 9.72 Å². The molecule has 1 aromatic heterocycles. The molecule has 5 rings (SSSR count). The van der Waals surface area contributed by atoms with E-state index in [2.05, 4.69) is 36.5 Å². The fraction of sp³-hybridized carbons (Fsp3) is 0.516. The highest BCUT2D eigenvalue weighted by atomic mass is 16.6. The second-order valence-electron chi connectivity index (χ2n) is 12.0. The topological polar surface area (TPSA) is 74.8 Å². The highest BCUT2D eigenvalue weighted by Gasteiger charge is 2.47. The van der Waals surface area contributed by atoms with Gasteiger partial charge in [0.15, 0.2) is 0 Å². The molecule has 2 amide bonds. The molecule has 0 spiro atoms. The van der Waals surface area contributed by atoms with Crippen LogP contribution in [0.1, 0.15) is 76.7 Å². The van der Waals surface area contributed by atoms with E-state index in [1.54, 1.807) is 11.8 Å². The van der Waals surface area contributed by atoms with Gasteiger partial charge in [-0.25, -0.2) is 9.78 Å². The van der Waals surface area contributed by atoms with E-state index in [9.17, 15) is 9.59 Å². The van der Waals surface area contributed by atoms with Gasteiger partial charge in [-0.2, -0.15) is 0 Å². The molecule has 1 unspecified atom stereocenters. The number of aryl methyl sites for hydroxylation is 1. The summed E-state index contributed by atoms with van der Waals surface area (Å²) in [4.78, 5) is 34.0. The van der Waals surface area contributed by atoms with E-state index < -0.39 is 5.60 Å². The lowest BCUT2D eigenvalue weighted by Gasteiger charge is -2.46. The molecule has 0 radical (unpaired) electrons. The van der Waals surface area contributed by atoms with Crippen molar-refractivity contribution in [3.8, 4) is 0 Å². The molecule has 7 nitrogen and oxygen atoms in total. The summed E-state index contributed by atoms with van der Waals surface area (Å²) in [5.41, 5.74) is 4.93. The molecule has 0 bridgehead atoms. The smallest absolute Gasteiger partial charge is 0.410 e. The summed E-state index contributed by atoms with van der Waals surface area (Å²) in [5, 5.41) is 3.74. The average molecular weight is 517 g/mol. The van der Waals surface area contributed by atoms with Crippen LogP contribution in [0.5, 0.6) is 0 Å². The van der Waals surface area contributed by atoms with Crippen LogP contribution in [0.15, 0.2) is 42.5 Å². The van der Waals surface area contributed by atoms with Crippen LogP contribution in [0, 0.1) is 18.8 Å². The number of anilines is 2. The van der Waals surface area contributed by atoms with Gasteiger partial charge in [0, 0.05) is 43.4 Å². The van der Waals surface area contributed by atoms with Crippen LogP contribution in [0.4, 0.5) is 16.3 Å². The van der Waals surface area contributed by atoms with Crippen molar-refractivity contribution < 1.29 is 14.3 Å². The molecular formula is C31H40N4O3. The van der Waals surface area contributed by atoms with Crippen molar-refractivity contribution in [2.24, 2.45) is 11.8 Å². The molecule has 0 saturated heterocycles. The largest absolute Gasteiger partial charge is 0.444 e. The molecule has 1 aromatic carbocycles. The van der Waals surface area contributed by atoms with Crippen molar-refractivity contribution in [2.45, 2.75) is 78.5 Å².